The third kappa shape index (κ3) is 3.18. The van der Waals surface area contributed by atoms with Crippen LogP contribution in [0.25, 0.3) is 0 Å². The number of aliphatic hydroxyl groups excluding tert-OH is 1. The van der Waals surface area contributed by atoms with Crippen molar-refractivity contribution in [2.75, 3.05) is 13.2 Å². The Bertz CT molecular complexity index is 718. The summed E-state index contributed by atoms with van der Waals surface area (Å²) in [6.07, 6.45) is 1.05. The van der Waals surface area contributed by atoms with Crippen LogP contribution in [0, 0.1) is 11.8 Å². The monoisotopic (exact) mass is 344 g/mol. The lowest BCUT2D eigenvalue weighted by atomic mass is 9.80. The Morgan fingerprint density at radius 1 is 0.692 bits per heavy atom. The Balaban J connectivity index is 1.83. The molecule has 1 aliphatic rings. The van der Waals surface area contributed by atoms with Gasteiger partial charge in [-0.3, -0.25) is 0 Å². The average molecular weight is 344 g/mol. The number of rotatable bonds is 7. The zero-order valence-corrected chi connectivity index (χ0v) is 14.8. The molecule has 2 heteroatoms. The van der Waals surface area contributed by atoms with E-state index < -0.39 is 5.60 Å². The van der Waals surface area contributed by atoms with Crippen LogP contribution in [-0.2, 0) is 10.3 Å². The van der Waals surface area contributed by atoms with E-state index in [-0.39, 0.29) is 6.61 Å². The summed E-state index contributed by atoms with van der Waals surface area (Å²) in [4.78, 5) is 0. The van der Waals surface area contributed by atoms with E-state index in [0.717, 1.165) is 23.1 Å². The van der Waals surface area contributed by atoms with Crippen LogP contribution in [0.1, 0.15) is 23.1 Å². The first-order valence-corrected chi connectivity index (χ1v) is 9.26. The highest BCUT2D eigenvalue weighted by Gasteiger charge is 2.42. The van der Waals surface area contributed by atoms with Gasteiger partial charge in [-0.1, -0.05) is 91.0 Å². The second kappa shape index (κ2) is 7.45. The average Bonchev–Trinajstić information content (AvgIpc) is 3.50. The summed E-state index contributed by atoms with van der Waals surface area (Å²) >= 11 is 0. The van der Waals surface area contributed by atoms with Crippen molar-refractivity contribution < 1.29 is 9.84 Å². The van der Waals surface area contributed by atoms with Gasteiger partial charge in [0.05, 0.1) is 6.61 Å². The van der Waals surface area contributed by atoms with Gasteiger partial charge in [0, 0.05) is 6.61 Å². The zero-order valence-electron chi connectivity index (χ0n) is 14.8. The quantitative estimate of drug-likeness (QED) is 0.634. The van der Waals surface area contributed by atoms with Gasteiger partial charge in [0.25, 0.3) is 0 Å². The summed E-state index contributed by atoms with van der Waals surface area (Å²) in [5.41, 5.74) is 2.72. The van der Waals surface area contributed by atoms with Crippen molar-refractivity contribution in [2.24, 2.45) is 11.8 Å². The SMILES string of the molecule is OC[C@@H]1C[C@@H]1COC(c1ccccc1)(c1ccccc1)c1ccccc1. The van der Waals surface area contributed by atoms with Crippen LogP contribution in [0.15, 0.2) is 91.0 Å². The zero-order chi connectivity index (χ0) is 17.8. The highest BCUT2D eigenvalue weighted by atomic mass is 16.5. The maximum Gasteiger partial charge on any atom is 0.143 e. The molecule has 2 nitrogen and oxygen atoms in total. The van der Waals surface area contributed by atoms with E-state index in [1.54, 1.807) is 0 Å². The lowest BCUT2D eigenvalue weighted by Crippen LogP contribution is -2.33. The molecule has 0 aromatic heterocycles. The summed E-state index contributed by atoms with van der Waals surface area (Å²) in [5.74, 6) is 0.825. The van der Waals surface area contributed by atoms with Crippen molar-refractivity contribution in [1.29, 1.82) is 0 Å². The molecule has 3 aromatic rings. The molecule has 3 aromatic carbocycles. The van der Waals surface area contributed by atoms with Gasteiger partial charge in [-0.05, 0) is 34.9 Å². The van der Waals surface area contributed by atoms with Gasteiger partial charge >= 0.3 is 0 Å². The van der Waals surface area contributed by atoms with Gasteiger partial charge in [0.1, 0.15) is 5.60 Å². The topological polar surface area (TPSA) is 29.5 Å². The van der Waals surface area contributed by atoms with Crippen LogP contribution in [0.5, 0.6) is 0 Å². The highest BCUT2D eigenvalue weighted by molar-refractivity contribution is 5.47. The first-order chi connectivity index (χ1) is 12.8. The number of ether oxygens (including phenoxy) is 1. The minimum Gasteiger partial charge on any atom is -0.396 e. The fourth-order valence-electron chi connectivity index (χ4n) is 3.74. The van der Waals surface area contributed by atoms with Gasteiger partial charge in [-0.25, -0.2) is 0 Å². The summed E-state index contributed by atoms with van der Waals surface area (Å²) < 4.78 is 6.73. The normalized spacial score (nSPS) is 19.3. The summed E-state index contributed by atoms with van der Waals surface area (Å²) in [7, 11) is 0. The van der Waals surface area contributed by atoms with E-state index in [9.17, 15) is 5.11 Å². The molecule has 0 spiro atoms. The summed E-state index contributed by atoms with van der Waals surface area (Å²) in [5, 5.41) is 9.40. The molecule has 0 amide bonds. The standard InChI is InChI=1S/C24H24O2/c25-17-19-16-20(19)18-26-24(21-10-4-1-5-11-21,22-12-6-2-7-13-22)23-14-8-3-9-15-23/h1-15,19-20,25H,16-18H2/t19-,20+/m0/s1. The predicted octanol–water partition coefficient (Wildman–Crippen LogP) is 4.62. The minimum absolute atomic E-state index is 0.253. The van der Waals surface area contributed by atoms with Gasteiger partial charge in [0.2, 0.25) is 0 Å². The first kappa shape index (κ1) is 17.0. The van der Waals surface area contributed by atoms with E-state index in [1.165, 1.54) is 0 Å². The third-order valence-corrected chi connectivity index (χ3v) is 5.36. The van der Waals surface area contributed by atoms with Crippen LogP contribution in [-0.4, -0.2) is 18.3 Å². The van der Waals surface area contributed by atoms with Crippen LogP contribution >= 0.6 is 0 Å². The van der Waals surface area contributed by atoms with E-state index in [2.05, 4.69) is 72.8 Å². The first-order valence-electron chi connectivity index (χ1n) is 9.26. The maximum atomic E-state index is 9.40. The number of aliphatic hydroxyl groups is 1. The Hall–Kier alpha value is -2.42. The molecule has 1 N–H and O–H groups in total. The van der Waals surface area contributed by atoms with Crippen molar-refractivity contribution in [3.05, 3.63) is 108 Å². The molecule has 0 aliphatic heterocycles. The molecule has 1 saturated carbocycles. The molecular weight excluding hydrogens is 320 g/mol. The molecule has 2 atom stereocenters. The number of hydrogen-bond acceptors (Lipinski definition) is 2. The molecule has 0 saturated heterocycles. The Labute approximate surface area is 155 Å². The van der Waals surface area contributed by atoms with E-state index in [4.69, 9.17) is 4.74 Å². The lowest BCUT2D eigenvalue weighted by molar-refractivity contribution is 0.00321. The van der Waals surface area contributed by atoms with Gasteiger partial charge in [0.15, 0.2) is 0 Å². The van der Waals surface area contributed by atoms with Crippen LogP contribution in [0.4, 0.5) is 0 Å². The Morgan fingerprint density at radius 2 is 1.12 bits per heavy atom. The van der Waals surface area contributed by atoms with E-state index >= 15 is 0 Å². The molecule has 0 heterocycles. The Morgan fingerprint density at radius 3 is 1.46 bits per heavy atom. The van der Waals surface area contributed by atoms with Crippen molar-refractivity contribution in [2.45, 2.75) is 12.0 Å². The van der Waals surface area contributed by atoms with Gasteiger partial charge < -0.3 is 9.84 Å². The minimum atomic E-state index is -0.646. The molecule has 1 aliphatic carbocycles. The smallest absolute Gasteiger partial charge is 0.143 e. The molecule has 0 unspecified atom stereocenters. The molecule has 0 bridgehead atoms. The molecule has 1 fully saturated rings. The number of hydrogen-bond donors (Lipinski definition) is 1. The maximum absolute atomic E-state index is 9.40. The molecule has 4 rings (SSSR count). The fraction of sp³-hybridized carbons (Fsp3) is 0.250. The van der Waals surface area contributed by atoms with Crippen molar-refractivity contribution in [3.8, 4) is 0 Å². The summed E-state index contributed by atoms with van der Waals surface area (Å²) in [6, 6.07) is 31.3. The van der Waals surface area contributed by atoms with E-state index in [1.807, 2.05) is 18.2 Å². The van der Waals surface area contributed by atoms with Crippen LogP contribution in [0.2, 0.25) is 0 Å². The third-order valence-electron chi connectivity index (χ3n) is 5.36. The molecular formula is C24H24O2. The molecule has 26 heavy (non-hydrogen) atoms. The molecule has 132 valence electrons. The largest absolute Gasteiger partial charge is 0.396 e. The second-order valence-electron chi connectivity index (χ2n) is 7.03. The molecule has 0 radical (unpaired) electrons. The number of benzene rings is 3. The second-order valence-corrected chi connectivity index (χ2v) is 7.03. The Kier molecular flexibility index (Phi) is 4.87. The van der Waals surface area contributed by atoms with Crippen molar-refractivity contribution >= 4 is 0 Å². The lowest BCUT2D eigenvalue weighted by Gasteiger charge is -2.36. The summed E-state index contributed by atoms with van der Waals surface area (Å²) in [6.45, 7) is 0.896. The van der Waals surface area contributed by atoms with E-state index in [0.29, 0.717) is 18.4 Å². The predicted molar refractivity (Wildman–Crippen MR) is 104 cm³/mol. The fourth-order valence-corrected chi connectivity index (χ4v) is 3.74. The van der Waals surface area contributed by atoms with Gasteiger partial charge in [-0.2, -0.15) is 0 Å². The van der Waals surface area contributed by atoms with Gasteiger partial charge in [-0.15, -0.1) is 0 Å². The van der Waals surface area contributed by atoms with Crippen LogP contribution < -0.4 is 0 Å². The highest BCUT2D eigenvalue weighted by Crippen LogP contribution is 2.44. The van der Waals surface area contributed by atoms with Crippen molar-refractivity contribution in [1.82, 2.24) is 0 Å². The van der Waals surface area contributed by atoms with Crippen LogP contribution in [0.3, 0.4) is 0 Å². The van der Waals surface area contributed by atoms with Crippen molar-refractivity contribution in [3.63, 3.8) is 0 Å².